The minimum Gasteiger partial charge on any atom is -0.289 e. The van der Waals surface area contributed by atoms with Crippen LogP contribution in [-0.2, 0) is 6.18 Å². The van der Waals surface area contributed by atoms with E-state index in [1.807, 2.05) is 0 Å². The molecular weight excluding hydrogens is 331 g/mol. The van der Waals surface area contributed by atoms with E-state index >= 15 is 0 Å². The Bertz CT molecular complexity index is 711. The van der Waals surface area contributed by atoms with Crippen LogP contribution >= 0.6 is 23.2 Å². The molecule has 0 aromatic heterocycles. The number of hydrogen-bond acceptors (Lipinski definition) is 1. The van der Waals surface area contributed by atoms with Crippen LogP contribution in [0.5, 0.6) is 0 Å². The molecule has 0 fully saturated rings. The van der Waals surface area contributed by atoms with Crippen molar-refractivity contribution >= 4 is 29.0 Å². The van der Waals surface area contributed by atoms with Gasteiger partial charge >= 0.3 is 6.18 Å². The molecule has 110 valence electrons. The van der Waals surface area contributed by atoms with Crippen LogP contribution in [0.3, 0.4) is 0 Å². The standard InChI is InChI=1S/C14H6Cl2F4O/c15-7-1-4-12(16)10(5-7)13(21)9-6-8(17)2-3-11(9)14(18,19)20/h1-6H. The van der Waals surface area contributed by atoms with Gasteiger partial charge in [-0.1, -0.05) is 23.2 Å². The molecule has 2 aromatic rings. The molecule has 2 aromatic carbocycles. The van der Waals surface area contributed by atoms with Gasteiger partial charge in [-0.05, 0) is 36.4 Å². The molecule has 0 aliphatic heterocycles. The highest BCUT2D eigenvalue weighted by molar-refractivity contribution is 6.36. The largest absolute Gasteiger partial charge is 0.417 e. The predicted octanol–water partition coefficient (Wildman–Crippen LogP) is 5.38. The van der Waals surface area contributed by atoms with E-state index in [4.69, 9.17) is 23.2 Å². The Labute approximate surface area is 127 Å². The second-order valence-electron chi connectivity index (χ2n) is 4.14. The average Bonchev–Trinajstić information content (AvgIpc) is 2.39. The van der Waals surface area contributed by atoms with E-state index in [1.54, 1.807) is 0 Å². The Morgan fingerprint density at radius 2 is 1.62 bits per heavy atom. The first-order valence-electron chi connectivity index (χ1n) is 5.56. The molecule has 7 heteroatoms. The molecule has 0 saturated carbocycles. The number of benzene rings is 2. The van der Waals surface area contributed by atoms with Crippen molar-refractivity contribution < 1.29 is 22.4 Å². The lowest BCUT2D eigenvalue weighted by molar-refractivity contribution is -0.137. The summed E-state index contributed by atoms with van der Waals surface area (Å²) >= 11 is 11.5. The molecule has 21 heavy (non-hydrogen) atoms. The number of ketones is 1. The van der Waals surface area contributed by atoms with E-state index in [9.17, 15) is 22.4 Å². The van der Waals surface area contributed by atoms with E-state index in [1.165, 1.54) is 12.1 Å². The minimum absolute atomic E-state index is 0.0678. The van der Waals surface area contributed by atoms with E-state index in [0.717, 1.165) is 6.07 Å². The van der Waals surface area contributed by atoms with Crippen LogP contribution in [0, 0.1) is 5.82 Å². The molecule has 0 unspecified atom stereocenters. The van der Waals surface area contributed by atoms with Crippen molar-refractivity contribution in [2.75, 3.05) is 0 Å². The number of carbonyl (C=O) groups excluding carboxylic acids is 1. The summed E-state index contributed by atoms with van der Waals surface area (Å²) < 4.78 is 51.9. The summed E-state index contributed by atoms with van der Waals surface area (Å²) in [4.78, 5) is 12.2. The molecule has 0 aliphatic rings. The maximum absolute atomic E-state index is 13.2. The number of halogens is 6. The fraction of sp³-hybridized carbons (Fsp3) is 0.0714. The highest BCUT2D eigenvalue weighted by Gasteiger charge is 2.35. The van der Waals surface area contributed by atoms with E-state index in [-0.39, 0.29) is 15.6 Å². The Morgan fingerprint density at radius 1 is 0.952 bits per heavy atom. The molecule has 1 nitrogen and oxygen atoms in total. The first-order chi connectivity index (χ1) is 9.70. The number of rotatable bonds is 2. The van der Waals surface area contributed by atoms with Gasteiger partial charge in [-0.15, -0.1) is 0 Å². The van der Waals surface area contributed by atoms with Crippen LogP contribution in [0.4, 0.5) is 17.6 Å². The smallest absolute Gasteiger partial charge is 0.289 e. The molecule has 0 N–H and O–H groups in total. The van der Waals surface area contributed by atoms with Crippen LogP contribution in [0.1, 0.15) is 21.5 Å². The van der Waals surface area contributed by atoms with Gasteiger partial charge in [0.2, 0.25) is 0 Å². The molecule has 0 amide bonds. The van der Waals surface area contributed by atoms with Crippen LogP contribution in [0.2, 0.25) is 10.0 Å². The lowest BCUT2D eigenvalue weighted by atomic mass is 9.98. The second kappa shape index (κ2) is 5.66. The fourth-order valence-electron chi connectivity index (χ4n) is 1.77. The van der Waals surface area contributed by atoms with Crippen molar-refractivity contribution in [2.24, 2.45) is 0 Å². The molecule has 2 rings (SSSR count). The average molecular weight is 337 g/mol. The van der Waals surface area contributed by atoms with Crippen LogP contribution in [0.25, 0.3) is 0 Å². The van der Waals surface area contributed by atoms with Gasteiger partial charge in [0.05, 0.1) is 10.6 Å². The fourth-order valence-corrected chi connectivity index (χ4v) is 2.14. The Morgan fingerprint density at radius 3 is 2.24 bits per heavy atom. The third-order valence-electron chi connectivity index (χ3n) is 2.70. The molecular formula is C14H6Cl2F4O. The lowest BCUT2D eigenvalue weighted by Crippen LogP contribution is -2.14. The van der Waals surface area contributed by atoms with Crippen molar-refractivity contribution in [1.29, 1.82) is 0 Å². The van der Waals surface area contributed by atoms with Crippen molar-refractivity contribution in [3.8, 4) is 0 Å². The predicted molar refractivity (Wildman–Crippen MR) is 71.3 cm³/mol. The monoisotopic (exact) mass is 336 g/mol. The van der Waals surface area contributed by atoms with Crippen LogP contribution < -0.4 is 0 Å². The van der Waals surface area contributed by atoms with Crippen molar-refractivity contribution in [1.82, 2.24) is 0 Å². The summed E-state index contributed by atoms with van der Waals surface area (Å²) in [7, 11) is 0. The van der Waals surface area contributed by atoms with Gasteiger partial charge in [0, 0.05) is 16.1 Å². The summed E-state index contributed by atoms with van der Waals surface area (Å²) in [6, 6.07) is 5.49. The normalized spacial score (nSPS) is 11.5. The zero-order valence-corrected chi connectivity index (χ0v) is 11.7. The number of carbonyl (C=O) groups is 1. The van der Waals surface area contributed by atoms with Crippen LogP contribution in [0.15, 0.2) is 36.4 Å². The number of alkyl halides is 3. The van der Waals surface area contributed by atoms with Gasteiger partial charge in [-0.3, -0.25) is 4.79 Å². The molecule has 0 atom stereocenters. The van der Waals surface area contributed by atoms with Gasteiger partial charge in [0.15, 0.2) is 5.78 Å². The molecule has 0 saturated heterocycles. The van der Waals surface area contributed by atoms with Gasteiger partial charge in [0.1, 0.15) is 5.82 Å². The Balaban J connectivity index is 2.63. The summed E-state index contributed by atoms with van der Waals surface area (Å²) in [6.45, 7) is 0. The van der Waals surface area contributed by atoms with E-state index in [0.29, 0.717) is 18.2 Å². The van der Waals surface area contributed by atoms with Crippen LogP contribution in [-0.4, -0.2) is 5.78 Å². The Hall–Kier alpha value is -1.59. The Kier molecular flexibility index (Phi) is 4.25. The first kappa shape index (κ1) is 15.8. The molecule has 0 heterocycles. The van der Waals surface area contributed by atoms with E-state index < -0.39 is 28.9 Å². The van der Waals surface area contributed by atoms with E-state index in [2.05, 4.69) is 0 Å². The minimum atomic E-state index is -4.79. The lowest BCUT2D eigenvalue weighted by Gasteiger charge is -2.13. The highest BCUT2D eigenvalue weighted by Crippen LogP contribution is 2.34. The zero-order chi connectivity index (χ0) is 15.8. The number of hydrogen-bond donors (Lipinski definition) is 0. The maximum Gasteiger partial charge on any atom is 0.417 e. The third kappa shape index (κ3) is 3.36. The van der Waals surface area contributed by atoms with Crippen molar-refractivity contribution in [3.05, 3.63) is 69.0 Å². The van der Waals surface area contributed by atoms with Gasteiger partial charge in [0.25, 0.3) is 0 Å². The van der Waals surface area contributed by atoms with Gasteiger partial charge in [-0.2, -0.15) is 13.2 Å². The summed E-state index contributed by atoms with van der Waals surface area (Å²) in [6.07, 6.45) is -4.79. The van der Waals surface area contributed by atoms with Crippen molar-refractivity contribution in [3.63, 3.8) is 0 Å². The topological polar surface area (TPSA) is 17.1 Å². The molecule has 0 aliphatic carbocycles. The van der Waals surface area contributed by atoms with Crippen molar-refractivity contribution in [2.45, 2.75) is 6.18 Å². The quantitative estimate of drug-likeness (QED) is 0.531. The molecule has 0 bridgehead atoms. The first-order valence-corrected chi connectivity index (χ1v) is 6.32. The summed E-state index contributed by atoms with van der Waals surface area (Å²) in [5, 5.41) is 0.0643. The summed E-state index contributed by atoms with van der Waals surface area (Å²) in [5.74, 6) is -2.00. The summed E-state index contributed by atoms with van der Waals surface area (Å²) in [5.41, 5.74) is -2.27. The molecule has 0 spiro atoms. The van der Waals surface area contributed by atoms with Gasteiger partial charge in [-0.25, -0.2) is 4.39 Å². The molecule has 0 radical (unpaired) electrons. The second-order valence-corrected chi connectivity index (χ2v) is 4.98. The highest BCUT2D eigenvalue weighted by atomic mass is 35.5. The van der Waals surface area contributed by atoms with Gasteiger partial charge < -0.3 is 0 Å². The maximum atomic E-state index is 13.2. The third-order valence-corrected chi connectivity index (χ3v) is 3.27. The SMILES string of the molecule is O=C(c1cc(Cl)ccc1Cl)c1cc(F)ccc1C(F)(F)F. The zero-order valence-electron chi connectivity index (χ0n) is 10.1.